The molecule has 22 heavy (non-hydrogen) atoms. The van der Waals surface area contributed by atoms with Gasteiger partial charge in [0, 0.05) is 0 Å². The minimum Gasteiger partial charge on any atom is -0.480 e. The fourth-order valence-electron chi connectivity index (χ4n) is 1.91. The second-order valence-electron chi connectivity index (χ2n) is 4.58. The zero-order valence-corrected chi connectivity index (χ0v) is 12.6. The molecule has 3 N–H and O–H groups in total. The van der Waals surface area contributed by atoms with Gasteiger partial charge in [-0.25, -0.2) is 9.78 Å². The Hall–Kier alpha value is -2.35. The Labute approximate surface area is 130 Å². The van der Waals surface area contributed by atoms with Gasteiger partial charge < -0.3 is 15.4 Å². The minimum atomic E-state index is -1.12. The highest BCUT2D eigenvalue weighted by molar-refractivity contribution is 7.98. The molecule has 7 nitrogen and oxygen atoms in total. The van der Waals surface area contributed by atoms with E-state index >= 15 is 0 Å². The predicted molar refractivity (Wildman–Crippen MR) is 84.3 cm³/mol. The standard InChI is InChI=1S/C14H15N3O4S/c1-22-7-6-10(14(20)21)16-13(19)11-15-9-5-3-2-4-8(9)12(18)17-11/h2-5,10H,6-7H2,1H3,(H,16,19)(H,20,21)(H,15,17,18)/t10-/m0/s1. The number of carbonyl (C=O) groups is 2. The van der Waals surface area contributed by atoms with Crippen LogP contribution in [0.4, 0.5) is 0 Å². The van der Waals surface area contributed by atoms with E-state index in [1.165, 1.54) is 11.8 Å². The van der Waals surface area contributed by atoms with Gasteiger partial charge in [0.15, 0.2) is 5.82 Å². The van der Waals surface area contributed by atoms with Gasteiger partial charge in [-0.05, 0) is 30.6 Å². The van der Waals surface area contributed by atoms with Crippen LogP contribution in [-0.4, -0.2) is 45.0 Å². The number of H-pyrrole nitrogens is 1. The number of aliphatic carboxylic acids is 1. The summed E-state index contributed by atoms with van der Waals surface area (Å²) in [6, 6.07) is 5.60. The van der Waals surface area contributed by atoms with Crippen LogP contribution < -0.4 is 10.9 Å². The molecule has 0 radical (unpaired) electrons. The number of carbonyl (C=O) groups excluding carboxylic acids is 1. The molecule has 0 saturated heterocycles. The van der Waals surface area contributed by atoms with Crippen LogP contribution in [0.15, 0.2) is 29.1 Å². The Balaban J connectivity index is 2.25. The number of rotatable bonds is 6. The summed E-state index contributed by atoms with van der Waals surface area (Å²) in [5, 5.41) is 11.9. The molecule has 0 saturated carbocycles. The number of fused-ring (bicyclic) bond motifs is 1. The molecule has 0 bridgehead atoms. The van der Waals surface area contributed by atoms with E-state index in [9.17, 15) is 14.4 Å². The number of thioether (sulfide) groups is 1. The first kappa shape index (κ1) is 16.0. The van der Waals surface area contributed by atoms with Crippen LogP contribution in [0.1, 0.15) is 17.0 Å². The lowest BCUT2D eigenvalue weighted by molar-refractivity contribution is -0.139. The molecule has 2 aromatic rings. The Kier molecular flexibility index (Phi) is 5.16. The van der Waals surface area contributed by atoms with Crippen LogP contribution in [0.25, 0.3) is 10.9 Å². The summed E-state index contributed by atoms with van der Waals surface area (Å²) in [5.41, 5.74) is -0.0564. The quantitative estimate of drug-likeness (QED) is 0.727. The number of aromatic nitrogens is 2. The van der Waals surface area contributed by atoms with E-state index in [4.69, 9.17) is 5.11 Å². The van der Waals surface area contributed by atoms with E-state index in [1.54, 1.807) is 24.3 Å². The van der Waals surface area contributed by atoms with Gasteiger partial charge in [0.05, 0.1) is 10.9 Å². The van der Waals surface area contributed by atoms with Gasteiger partial charge in [0.1, 0.15) is 6.04 Å². The number of nitrogens with zero attached hydrogens (tertiary/aromatic N) is 1. The normalized spacial score (nSPS) is 12.0. The average molecular weight is 321 g/mol. The zero-order valence-electron chi connectivity index (χ0n) is 11.8. The molecule has 0 unspecified atom stereocenters. The highest BCUT2D eigenvalue weighted by Crippen LogP contribution is 2.06. The fourth-order valence-corrected chi connectivity index (χ4v) is 2.39. The molecule has 1 aromatic carbocycles. The molecule has 0 fully saturated rings. The lowest BCUT2D eigenvalue weighted by atomic mass is 10.2. The van der Waals surface area contributed by atoms with E-state index in [2.05, 4.69) is 15.3 Å². The van der Waals surface area contributed by atoms with Crippen LogP contribution in [0.3, 0.4) is 0 Å². The highest BCUT2D eigenvalue weighted by atomic mass is 32.2. The van der Waals surface area contributed by atoms with Crippen molar-refractivity contribution in [1.82, 2.24) is 15.3 Å². The molecule has 1 atom stereocenters. The number of carboxylic acid groups (broad SMARTS) is 1. The first-order valence-corrected chi connectivity index (χ1v) is 7.94. The van der Waals surface area contributed by atoms with E-state index < -0.39 is 23.5 Å². The lowest BCUT2D eigenvalue weighted by Crippen LogP contribution is -2.42. The van der Waals surface area contributed by atoms with Gasteiger partial charge in [-0.15, -0.1) is 0 Å². The third kappa shape index (κ3) is 3.64. The largest absolute Gasteiger partial charge is 0.480 e. The van der Waals surface area contributed by atoms with Crippen LogP contribution in [0.2, 0.25) is 0 Å². The molecule has 116 valence electrons. The van der Waals surface area contributed by atoms with Crippen molar-refractivity contribution in [3.8, 4) is 0 Å². The van der Waals surface area contributed by atoms with Crippen molar-refractivity contribution < 1.29 is 14.7 Å². The van der Waals surface area contributed by atoms with E-state index in [1.807, 2.05) is 6.26 Å². The van der Waals surface area contributed by atoms with Crippen molar-refractivity contribution in [3.63, 3.8) is 0 Å². The van der Waals surface area contributed by atoms with Gasteiger partial charge in [-0.1, -0.05) is 12.1 Å². The molecule has 0 spiro atoms. The summed E-state index contributed by atoms with van der Waals surface area (Å²) in [6.07, 6.45) is 2.14. The number of benzene rings is 1. The first-order valence-electron chi connectivity index (χ1n) is 6.54. The summed E-state index contributed by atoms with van der Waals surface area (Å²) in [5.74, 6) is -1.43. The SMILES string of the molecule is CSCC[C@H](NC(=O)c1nc2ccccc2c(=O)[nH]1)C(=O)O. The molecular formula is C14H15N3O4S. The Bertz CT molecular complexity index is 759. The molecule has 0 aliphatic rings. The van der Waals surface area contributed by atoms with E-state index in [-0.39, 0.29) is 5.82 Å². The van der Waals surface area contributed by atoms with Gasteiger partial charge in [-0.2, -0.15) is 11.8 Å². The molecule has 2 rings (SSSR count). The highest BCUT2D eigenvalue weighted by Gasteiger charge is 2.21. The van der Waals surface area contributed by atoms with Crippen molar-refractivity contribution in [1.29, 1.82) is 0 Å². The molecule has 0 aliphatic heterocycles. The maximum atomic E-state index is 12.1. The van der Waals surface area contributed by atoms with Crippen molar-refractivity contribution >= 4 is 34.5 Å². The van der Waals surface area contributed by atoms with Gasteiger partial charge >= 0.3 is 5.97 Å². The maximum Gasteiger partial charge on any atom is 0.326 e. The van der Waals surface area contributed by atoms with E-state index in [0.717, 1.165) is 0 Å². The summed E-state index contributed by atoms with van der Waals surface area (Å²) < 4.78 is 0. The van der Waals surface area contributed by atoms with Gasteiger partial charge in [0.2, 0.25) is 0 Å². The van der Waals surface area contributed by atoms with E-state index in [0.29, 0.717) is 23.1 Å². The van der Waals surface area contributed by atoms with Crippen LogP contribution in [-0.2, 0) is 4.79 Å². The monoisotopic (exact) mass is 321 g/mol. The lowest BCUT2D eigenvalue weighted by Gasteiger charge is -2.13. The molecule has 1 aromatic heterocycles. The number of hydrogen-bond donors (Lipinski definition) is 3. The third-order valence-electron chi connectivity index (χ3n) is 3.04. The summed E-state index contributed by atoms with van der Waals surface area (Å²) >= 11 is 1.49. The maximum absolute atomic E-state index is 12.1. The second kappa shape index (κ2) is 7.08. The Morgan fingerprint density at radius 3 is 2.82 bits per heavy atom. The number of hydrogen-bond acceptors (Lipinski definition) is 5. The number of aromatic amines is 1. The molecular weight excluding hydrogens is 306 g/mol. The summed E-state index contributed by atoms with van der Waals surface area (Å²) in [4.78, 5) is 41.6. The predicted octanol–water partition coefficient (Wildman–Crippen LogP) is 0.859. The fraction of sp³-hybridized carbons (Fsp3) is 0.286. The van der Waals surface area contributed by atoms with Crippen molar-refractivity contribution in [2.24, 2.45) is 0 Å². The van der Waals surface area contributed by atoms with Crippen molar-refractivity contribution in [2.75, 3.05) is 12.0 Å². The number of para-hydroxylation sites is 1. The van der Waals surface area contributed by atoms with Crippen molar-refractivity contribution in [3.05, 3.63) is 40.4 Å². The Morgan fingerprint density at radius 1 is 1.41 bits per heavy atom. The van der Waals surface area contributed by atoms with Crippen LogP contribution in [0.5, 0.6) is 0 Å². The molecule has 0 aliphatic carbocycles. The number of amides is 1. The van der Waals surface area contributed by atoms with Crippen LogP contribution in [0, 0.1) is 0 Å². The molecule has 1 heterocycles. The summed E-state index contributed by atoms with van der Waals surface area (Å²) in [7, 11) is 0. The first-order chi connectivity index (χ1) is 10.5. The van der Waals surface area contributed by atoms with Gasteiger partial charge in [-0.3, -0.25) is 9.59 Å². The number of carboxylic acids is 1. The van der Waals surface area contributed by atoms with Crippen molar-refractivity contribution in [2.45, 2.75) is 12.5 Å². The summed E-state index contributed by atoms with van der Waals surface area (Å²) in [6.45, 7) is 0. The minimum absolute atomic E-state index is 0.195. The zero-order chi connectivity index (χ0) is 16.1. The smallest absolute Gasteiger partial charge is 0.326 e. The second-order valence-corrected chi connectivity index (χ2v) is 5.56. The van der Waals surface area contributed by atoms with Crippen LogP contribution >= 0.6 is 11.8 Å². The molecule has 8 heteroatoms. The van der Waals surface area contributed by atoms with Gasteiger partial charge in [0.25, 0.3) is 11.5 Å². The molecule has 1 amide bonds. The topological polar surface area (TPSA) is 112 Å². The third-order valence-corrected chi connectivity index (χ3v) is 3.69. The Morgan fingerprint density at radius 2 is 2.14 bits per heavy atom. The average Bonchev–Trinajstić information content (AvgIpc) is 2.50. The number of nitrogens with one attached hydrogen (secondary N) is 2.